The maximum absolute atomic E-state index is 12.5. The maximum atomic E-state index is 12.5. The van der Waals surface area contributed by atoms with Gasteiger partial charge in [-0.1, -0.05) is 24.3 Å². The van der Waals surface area contributed by atoms with Crippen LogP contribution in [0, 0.1) is 0 Å². The molecule has 1 aromatic heterocycles. The standard InChI is InChI=1S/C20H24N2O4S/c23-20(21-14-16-8-5-7-15-6-1-2-9-17(15)16)18-10-11-19(26-18)27(24,25)22-12-3-4-13-22/h1-2,6,9-11,16H,3-5,7-8,12-14H2,(H,21,23). The van der Waals surface area contributed by atoms with Gasteiger partial charge in [0.15, 0.2) is 5.76 Å². The lowest BCUT2D eigenvalue weighted by Crippen LogP contribution is -2.30. The molecule has 1 unspecified atom stereocenters. The van der Waals surface area contributed by atoms with Crippen LogP contribution in [0.5, 0.6) is 0 Å². The van der Waals surface area contributed by atoms with E-state index in [9.17, 15) is 13.2 Å². The van der Waals surface area contributed by atoms with Gasteiger partial charge in [0.05, 0.1) is 0 Å². The minimum Gasteiger partial charge on any atom is -0.438 e. The van der Waals surface area contributed by atoms with Crippen molar-refractivity contribution in [2.24, 2.45) is 0 Å². The van der Waals surface area contributed by atoms with Gasteiger partial charge in [-0.3, -0.25) is 4.79 Å². The zero-order valence-electron chi connectivity index (χ0n) is 15.2. The van der Waals surface area contributed by atoms with E-state index in [0.29, 0.717) is 19.6 Å². The van der Waals surface area contributed by atoms with Crippen LogP contribution < -0.4 is 5.32 Å². The van der Waals surface area contributed by atoms with Gasteiger partial charge in [0.2, 0.25) is 5.09 Å². The number of nitrogens with zero attached hydrogens (tertiary/aromatic N) is 1. The van der Waals surface area contributed by atoms with E-state index in [0.717, 1.165) is 32.1 Å². The molecule has 1 saturated heterocycles. The molecule has 0 bridgehead atoms. The molecule has 2 heterocycles. The number of benzene rings is 1. The van der Waals surface area contributed by atoms with Crippen molar-refractivity contribution < 1.29 is 17.6 Å². The van der Waals surface area contributed by atoms with Crippen molar-refractivity contribution in [2.45, 2.75) is 43.1 Å². The van der Waals surface area contributed by atoms with E-state index >= 15 is 0 Å². The van der Waals surface area contributed by atoms with Crippen molar-refractivity contribution in [1.29, 1.82) is 0 Å². The van der Waals surface area contributed by atoms with Crippen molar-refractivity contribution in [3.8, 4) is 0 Å². The molecule has 2 aliphatic rings. The molecular weight excluding hydrogens is 364 g/mol. The third kappa shape index (κ3) is 3.66. The van der Waals surface area contributed by atoms with Crippen LogP contribution in [0.3, 0.4) is 0 Å². The normalized spacial score (nSPS) is 20.4. The molecule has 1 atom stereocenters. The Kier molecular flexibility index (Phi) is 5.06. The number of furan rings is 1. The first-order valence-corrected chi connectivity index (χ1v) is 11.0. The van der Waals surface area contributed by atoms with Crippen LogP contribution in [0.15, 0.2) is 45.9 Å². The van der Waals surface area contributed by atoms with Gasteiger partial charge in [-0.25, -0.2) is 8.42 Å². The number of aryl methyl sites for hydroxylation is 1. The lowest BCUT2D eigenvalue weighted by molar-refractivity contribution is 0.0917. The Balaban J connectivity index is 1.42. The van der Waals surface area contributed by atoms with Crippen LogP contribution in [0.2, 0.25) is 0 Å². The van der Waals surface area contributed by atoms with Crippen molar-refractivity contribution >= 4 is 15.9 Å². The Morgan fingerprint density at radius 1 is 1.11 bits per heavy atom. The first-order chi connectivity index (χ1) is 13.1. The number of hydrogen-bond acceptors (Lipinski definition) is 4. The van der Waals surface area contributed by atoms with Crippen molar-refractivity contribution in [1.82, 2.24) is 9.62 Å². The van der Waals surface area contributed by atoms with Gasteiger partial charge >= 0.3 is 0 Å². The number of sulfonamides is 1. The van der Waals surface area contributed by atoms with Crippen molar-refractivity contribution in [2.75, 3.05) is 19.6 Å². The molecule has 144 valence electrons. The number of amides is 1. The summed E-state index contributed by atoms with van der Waals surface area (Å²) in [6, 6.07) is 11.2. The summed E-state index contributed by atoms with van der Waals surface area (Å²) in [5, 5.41) is 2.75. The van der Waals surface area contributed by atoms with Gasteiger partial charge in [-0.05, 0) is 55.4 Å². The third-order valence-electron chi connectivity index (χ3n) is 5.47. The van der Waals surface area contributed by atoms with E-state index in [4.69, 9.17) is 4.42 Å². The van der Waals surface area contributed by atoms with Crippen LogP contribution in [-0.2, 0) is 16.4 Å². The topological polar surface area (TPSA) is 79.6 Å². The number of nitrogens with one attached hydrogen (secondary N) is 1. The number of carbonyl (C=O) groups excluding carboxylic acids is 1. The van der Waals surface area contributed by atoms with Crippen LogP contribution in [0.25, 0.3) is 0 Å². The second-order valence-corrected chi connectivity index (χ2v) is 9.10. The van der Waals surface area contributed by atoms with Crippen LogP contribution in [-0.4, -0.2) is 38.3 Å². The number of fused-ring (bicyclic) bond motifs is 1. The first kappa shape index (κ1) is 18.3. The van der Waals surface area contributed by atoms with E-state index < -0.39 is 10.0 Å². The number of hydrogen-bond donors (Lipinski definition) is 1. The molecule has 27 heavy (non-hydrogen) atoms. The minimum atomic E-state index is -3.64. The van der Waals surface area contributed by atoms with Gasteiger partial charge < -0.3 is 9.73 Å². The van der Waals surface area contributed by atoms with Gasteiger partial charge in [0.1, 0.15) is 0 Å². The van der Waals surface area contributed by atoms with Crippen LogP contribution >= 0.6 is 0 Å². The molecule has 0 radical (unpaired) electrons. The molecular formula is C20H24N2O4S. The second-order valence-electron chi connectivity index (χ2n) is 7.23. The highest BCUT2D eigenvalue weighted by molar-refractivity contribution is 7.89. The Morgan fingerprint density at radius 2 is 1.89 bits per heavy atom. The Morgan fingerprint density at radius 3 is 2.70 bits per heavy atom. The minimum absolute atomic E-state index is 0.0388. The highest BCUT2D eigenvalue weighted by Gasteiger charge is 2.30. The third-order valence-corrected chi connectivity index (χ3v) is 7.24. The summed E-state index contributed by atoms with van der Waals surface area (Å²) < 4.78 is 31.8. The molecule has 7 heteroatoms. The fourth-order valence-electron chi connectivity index (χ4n) is 4.01. The summed E-state index contributed by atoms with van der Waals surface area (Å²) in [5.74, 6) is -0.0561. The zero-order chi connectivity index (χ0) is 18.9. The van der Waals surface area contributed by atoms with Gasteiger partial charge in [-0.15, -0.1) is 0 Å². The van der Waals surface area contributed by atoms with E-state index in [-0.39, 0.29) is 22.7 Å². The van der Waals surface area contributed by atoms with Gasteiger partial charge in [0, 0.05) is 25.6 Å². The fourth-order valence-corrected chi connectivity index (χ4v) is 5.43. The largest absolute Gasteiger partial charge is 0.438 e. The predicted molar refractivity (Wildman–Crippen MR) is 101 cm³/mol. The molecule has 1 fully saturated rings. The molecule has 1 aliphatic heterocycles. The number of carbonyl (C=O) groups is 1. The molecule has 1 aliphatic carbocycles. The van der Waals surface area contributed by atoms with Gasteiger partial charge in [0.25, 0.3) is 15.9 Å². The second kappa shape index (κ2) is 7.48. The molecule has 4 rings (SSSR count). The number of rotatable bonds is 5. The highest BCUT2D eigenvalue weighted by Crippen LogP contribution is 2.31. The molecule has 0 spiro atoms. The van der Waals surface area contributed by atoms with E-state index in [1.807, 2.05) is 12.1 Å². The van der Waals surface area contributed by atoms with Crippen LogP contribution in [0.1, 0.15) is 53.3 Å². The maximum Gasteiger partial charge on any atom is 0.287 e. The van der Waals surface area contributed by atoms with Crippen molar-refractivity contribution in [3.63, 3.8) is 0 Å². The summed E-state index contributed by atoms with van der Waals surface area (Å²) in [4.78, 5) is 12.4. The Hall–Kier alpha value is -2.12. The summed E-state index contributed by atoms with van der Waals surface area (Å²) in [6.07, 6.45) is 4.93. The predicted octanol–water partition coefficient (Wildman–Crippen LogP) is 2.91. The highest BCUT2D eigenvalue weighted by atomic mass is 32.2. The Labute approximate surface area is 159 Å². The molecule has 1 N–H and O–H groups in total. The average molecular weight is 388 g/mol. The first-order valence-electron chi connectivity index (χ1n) is 9.52. The lowest BCUT2D eigenvalue weighted by atomic mass is 9.83. The van der Waals surface area contributed by atoms with Gasteiger partial charge in [-0.2, -0.15) is 4.31 Å². The zero-order valence-corrected chi connectivity index (χ0v) is 16.0. The average Bonchev–Trinajstić information content (AvgIpc) is 3.38. The monoisotopic (exact) mass is 388 g/mol. The SMILES string of the molecule is O=C(NCC1CCCc2ccccc21)c1ccc(S(=O)(=O)N2CCCC2)o1. The van der Waals surface area contributed by atoms with E-state index in [1.54, 1.807) is 0 Å². The smallest absolute Gasteiger partial charge is 0.287 e. The molecule has 1 amide bonds. The quantitative estimate of drug-likeness (QED) is 0.854. The summed E-state index contributed by atoms with van der Waals surface area (Å²) in [5.41, 5.74) is 2.64. The summed E-state index contributed by atoms with van der Waals surface area (Å²) in [6.45, 7) is 1.53. The molecule has 0 saturated carbocycles. The van der Waals surface area contributed by atoms with Crippen molar-refractivity contribution in [3.05, 3.63) is 53.3 Å². The fraction of sp³-hybridized carbons (Fsp3) is 0.450. The molecule has 1 aromatic carbocycles. The summed E-state index contributed by atoms with van der Waals surface area (Å²) >= 11 is 0. The lowest BCUT2D eigenvalue weighted by Gasteiger charge is -2.25. The molecule has 6 nitrogen and oxygen atoms in total. The Bertz CT molecular complexity index is 929. The van der Waals surface area contributed by atoms with E-state index in [2.05, 4.69) is 17.4 Å². The van der Waals surface area contributed by atoms with E-state index in [1.165, 1.54) is 27.6 Å². The molecule has 2 aromatic rings. The van der Waals surface area contributed by atoms with Crippen LogP contribution in [0.4, 0.5) is 0 Å². The summed E-state index contributed by atoms with van der Waals surface area (Å²) in [7, 11) is -3.64.